The van der Waals surface area contributed by atoms with Crippen molar-refractivity contribution in [3.8, 4) is 0 Å². The van der Waals surface area contributed by atoms with Gasteiger partial charge >= 0.3 is 0 Å². The van der Waals surface area contributed by atoms with Crippen LogP contribution in [0, 0.1) is 0 Å². The van der Waals surface area contributed by atoms with Crippen LogP contribution in [-0.2, 0) is 7.05 Å². The summed E-state index contributed by atoms with van der Waals surface area (Å²) in [5.41, 5.74) is 3.83. The first kappa shape index (κ1) is 10.5. The van der Waals surface area contributed by atoms with Crippen molar-refractivity contribution >= 4 is 16.6 Å². The second-order valence-electron chi connectivity index (χ2n) is 4.78. The van der Waals surface area contributed by atoms with E-state index in [0.717, 1.165) is 25.2 Å². The van der Waals surface area contributed by atoms with Crippen molar-refractivity contribution in [2.45, 2.75) is 6.42 Å². The van der Waals surface area contributed by atoms with Gasteiger partial charge in [0.15, 0.2) is 0 Å². The molecule has 0 fully saturated rings. The van der Waals surface area contributed by atoms with E-state index in [-0.39, 0.29) is 0 Å². The van der Waals surface area contributed by atoms with Crippen LogP contribution in [0.4, 0.5) is 0 Å². The fraction of sp³-hybridized carbons (Fsp3) is 0.357. The number of rotatable bonds is 1. The number of nitrogens with zero attached hydrogens (tertiary/aromatic N) is 3. The van der Waals surface area contributed by atoms with Crippen LogP contribution in [0.15, 0.2) is 30.6 Å². The largest absolute Gasteiger partial charge is 0.335 e. The van der Waals surface area contributed by atoms with E-state index in [1.165, 1.54) is 16.5 Å². The fourth-order valence-electron chi connectivity index (χ4n) is 2.56. The van der Waals surface area contributed by atoms with Gasteiger partial charge in [-0.05, 0) is 31.2 Å². The first-order valence-corrected chi connectivity index (χ1v) is 6.03. The molecule has 0 atom stereocenters. The molecule has 0 aliphatic carbocycles. The summed E-state index contributed by atoms with van der Waals surface area (Å²) in [6, 6.07) is 4.17. The Hall–Kier alpha value is -1.61. The summed E-state index contributed by atoms with van der Waals surface area (Å²) in [5.74, 6) is 0. The van der Waals surface area contributed by atoms with Gasteiger partial charge in [0.1, 0.15) is 5.65 Å². The monoisotopic (exact) mass is 227 g/mol. The van der Waals surface area contributed by atoms with E-state index in [4.69, 9.17) is 0 Å². The van der Waals surface area contributed by atoms with Crippen molar-refractivity contribution in [2.75, 3.05) is 20.1 Å². The second kappa shape index (κ2) is 4.00. The third kappa shape index (κ3) is 1.76. The van der Waals surface area contributed by atoms with Crippen LogP contribution in [0.1, 0.15) is 12.0 Å². The molecule has 0 bridgehead atoms. The van der Waals surface area contributed by atoms with E-state index < -0.39 is 0 Å². The standard InChI is InChI=1S/C14H17N3/c1-16-8-4-5-11(9-16)13-10-17(2)14-12(13)6-3-7-15-14/h3,5-7,10H,4,8-9H2,1-2H3. The number of hydrogen-bond donors (Lipinski definition) is 0. The van der Waals surface area contributed by atoms with Crippen molar-refractivity contribution in [1.29, 1.82) is 0 Å². The molecule has 2 aromatic heterocycles. The molecule has 0 unspecified atom stereocenters. The normalized spacial score (nSPS) is 17.4. The maximum absolute atomic E-state index is 4.44. The minimum absolute atomic E-state index is 1.04. The Kier molecular flexibility index (Phi) is 2.48. The van der Waals surface area contributed by atoms with Gasteiger partial charge in [-0.15, -0.1) is 0 Å². The lowest BCUT2D eigenvalue weighted by molar-refractivity contribution is 0.373. The summed E-state index contributed by atoms with van der Waals surface area (Å²) in [6.45, 7) is 2.19. The molecule has 0 radical (unpaired) electrons. The van der Waals surface area contributed by atoms with Gasteiger partial charge in [0.2, 0.25) is 0 Å². The van der Waals surface area contributed by atoms with E-state index in [1.807, 2.05) is 12.3 Å². The average Bonchev–Trinajstić information content (AvgIpc) is 2.68. The summed E-state index contributed by atoms with van der Waals surface area (Å²) in [6.07, 6.45) is 7.56. The Morgan fingerprint density at radius 1 is 1.29 bits per heavy atom. The molecule has 0 spiro atoms. The number of fused-ring (bicyclic) bond motifs is 1. The predicted octanol–water partition coefficient (Wildman–Crippen LogP) is 2.29. The highest BCUT2D eigenvalue weighted by Crippen LogP contribution is 2.27. The van der Waals surface area contributed by atoms with Crippen LogP contribution >= 0.6 is 0 Å². The third-order valence-corrected chi connectivity index (χ3v) is 3.42. The van der Waals surface area contributed by atoms with Crippen molar-refractivity contribution in [3.05, 3.63) is 36.2 Å². The third-order valence-electron chi connectivity index (χ3n) is 3.42. The average molecular weight is 227 g/mol. The Morgan fingerprint density at radius 2 is 2.18 bits per heavy atom. The summed E-state index contributed by atoms with van der Waals surface area (Å²) in [5, 5.41) is 1.26. The maximum Gasteiger partial charge on any atom is 0.140 e. The van der Waals surface area contributed by atoms with Gasteiger partial charge in [0, 0.05) is 43.5 Å². The fourth-order valence-corrected chi connectivity index (χ4v) is 2.56. The molecule has 3 heteroatoms. The molecule has 0 N–H and O–H groups in total. The highest BCUT2D eigenvalue weighted by Gasteiger charge is 2.15. The number of likely N-dealkylation sites (N-methyl/N-ethyl adjacent to an activating group) is 1. The number of aryl methyl sites for hydroxylation is 1. The number of hydrogen-bond acceptors (Lipinski definition) is 2. The Morgan fingerprint density at radius 3 is 3.00 bits per heavy atom. The quantitative estimate of drug-likeness (QED) is 0.745. The first-order valence-electron chi connectivity index (χ1n) is 6.03. The summed E-state index contributed by atoms with van der Waals surface area (Å²) >= 11 is 0. The SMILES string of the molecule is CN1CCC=C(c2cn(C)c3ncccc23)C1. The van der Waals surface area contributed by atoms with Gasteiger partial charge in [-0.3, -0.25) is 0 Å². The van der Waals surface area contributed by atoms with E-state index in [1.54, 1.807) is 0 Å². The minimum atomic E-state index is 1.04. The highest BCUT2D eigenvalue weighted by molar-refractivity contribution is 5.91. The number of aromatic nitrogens is 2. The van der Waals surface area contributed by atoms with E-state index in [2.05, 4.69) is 46.9 Å². The zero-order valence-corrected chi connectivity index (χ0v) is 10.3. The van der Waals surface area contributed by atoms with Gasteiger partial charge in [0.25, 0.3) is 0 Å². The van der Waals surface area contributed by atoms with E-state index in [9.17, 15) is 0 Å². The lowest BCUT2D eigenvalue weighted by Gasteiger charge is -2.22. The molecule has 0 saturated heterocycles. The second-order valence-corrected chi connectivity index (χ2v) is 4.78. The Bertz CT molecular complexity index is 580. The molecular weight excluding hydrogens is 210 g/mol. The summed E-state index contributed by atoms with van der Waals surface area (Å²) < 4.78 is 2.11. The smallest absolute Gasteiger partial charge is 0.140 e. The van der Waals surface area contributed by atoms with Crippen molar-refractivity contribution in [2.24, 2.45) is 7.05 Å². The summed E-state index contributed by atoms with van der Waals surface area (Å²) in [7, 11) is 4.24. The van der Waals surface area contributed by atoms with Crippen molar-refractivity contribution < 1.29 is 0 Å². The predicted molar refractivity (Wildman–Crippen MR) is 70.8 cm³/mol. The zero-order valence-electron chi connectivity index (χ0n) is 10.3. The van der Waals surface area contributed by atoms with Gasteiger partial charge in [0.05, 0.1) is 0 Å². The van der Waals surface area contributed by atoms with E-state index in [0.29, 0.717) is 0 Å². The maximum atomic E-state index is 4.44. The van der Waals surface area contributed by atoms with Gasteiger partial charge < -0.3 is 9.47 Å². The lowest BCUT2D eigenvalue weighted by atomic mass is 10.0. The van der Waals surface area contributed by atoms with Crippen LogP contribution in [0.25, 0.3) is 16.6 Å². The van der Waals surface area contributed by atoms with E-state index >= 15 is 0 Å². The van der Waals surface area contributed by atoms with Crippen LogP contribution < -0.4 is 0 Å². The topological polar surface area (TPSA) is 21.1 Å². The molecule has 88 valence electrons. The van der Waals surface area contributed by atoms with Crippen LogP contribution in [-0.4, -0.2) is 34.6 Å². The van der Waals surface area contributed by atoms with Crippen molar-refractivity contribution in [3.63, 3.8) is 0 Å². The van der Waals surface area contributed by atoms with Crippen molar-refractivity contribution in [1.82, 2.24) is 14.5 Å². The molecule has 1 aliphatic heterocycles. The van der Waals surface area contributed by atoms with Crippen LogP contribution in [0.3, 0.4) is 0 Å². The summed E-state index contributed by atoms with van der Waals surface area (Å²) in [4.78, 5) is 6.80. The molecule has 0 aromatic carbocycles. The Labute approximate surface area is 101 Å². The molecule has 0 amide bonds. The molecule has 3 heterocycles. The molecule has 1 aliphatic rings. The van der Waals surface area contributed by atoms with Gasteiger partial charge in [-0.25, -0.2) is 4.98 Å². The molecule has 3 rings (SSSR count). The van der Waals surface area contributed by atoms with Gasteiger partial charge in [-0.1, -0.05) is 6.08 Å². The van der Waals surface area contributed by atoms with Gasteiger partial charge in [-0.2, -0.15) is 0 Å². The van der Waals surface area contributed by atoms with Crippen LogP contribution in [0.2, 0.25) is 0 Å². The minimum Gasteiger partial charge on any atom is -0.335 e. The molecule has 2 aromatic rings. The molecular formula is C14H17N3. The molecule has 0 saturated carbocycles. The molecule has 17 heavy (non-hydrogen) atoms. The van der Waals surface area contributed by atoms with Crippen LogP contribution in [0.5, 0.6) is 0 Å². The lowest BCUT2D eigenvalue weighted by Crippen LogP contribution is -2.24. The zero-order chi connectivity index (χ0) is 11.8. The Balaban J connectivity index is 2.14. The molecule has 3 nitrogen and oxygen atoms in total. The first-order chi connectivity index (χ1) is 8.25. The number of pyridine rings is 1. The highest BCUT2D eigenvalue weighted by atomic mass is 15.1.